The van der Waals surface area contributed by atoms with Gasteiger partial charge in [0.1, 0.15) is 0 Å². The summed E-state index contributed by atoms with van der Waals surface area (Å²) in [5, 5.41) is 0. The average molecular weight is 316 g/mol. The van der Waals surface area contributed by atoms with E-state index in [-0.39, 0.29) is 11.4 Å². The lowest BCUT2D eigenvalue weighted by Crippen LogP contribution is -2.54. The summed E-state index contributed by atoms with van der Waals surface area (Å²) in [6, 6.07) is 10.4. The molecule has 2 aliphatic rings. The monoisotopic (exact) mass is 316 g/mol. The van der Waals surface area contributed by atoms with Crippen molar-refractivity contribution in [1.82, 2.24) is 0 Å². The van der Waals surface area contributed by atoms with E-state index in [1.165, 1.54) is 18.7 Å². The highest BCUT2D eigenvalue weighted by Crippen LogP contribution is 2.53. The zero-order chi connectivity index (χ0) is 16.2. The van der Waals surface area contributed by atoms with Crippen molar-refractivity contribution < 1.29 is 19.0 Å². The van der Waals surface area contributed by atoms with E-state index in [0.29, 0.717) is 19.6 Å². The number of carbonyl (C=O) groups excluding carboxylic acids is 1. The van der Waals surface area contributed by atoms with Crippen LogP contribution < -0.4 is 0 Å². The third-order valence-corrected chi connectivity index (χ3v) is 5.09. The van der Waals surface area contributed by atoms with Crippen molar-refractivity contribution in [1.29, 1.82) is 0 Å². The van der Waals surface area contributed by atoms with Crippen molar-refractivity contribution >= 4 is 5.97 Å². The molecule has 23 heavy (non-hydrogen) atoms. The van der Waals surface area contributed by atoms with E-state index >= 15 is 0 Å². The molecule has 1 spiro atoms. The summed E-state index contributed by atoms with van der Waals surface area (Å²) in [7, 11) is 1.39. The highest BCUT2D eigenvalue weighted by atomic mass is 16.7. The van der Waals surface area contributed by atoms with E-state index in [9.17, 15) is 4.79 Å². The van der Waals surface area contributed by atoms with E-state index in [0.717, 1.165) is 25.7 Å². The van der Waals surface area contributed by atoms with Crippen LogP contribution in [0.3, 0.4) is 0 Å². The molecule has 1 aliphatic heterocycles. The molecule has 0 amide bonds. The quantitative estimate of drug-likeness (QED) is 0.631. The molecule has 1 saturated heterocycles. The van der Waals surface area contributed by atoms with Gasteiger partial charge in [0.05, 0.1) is 25.7 Å². The summed E-state index contributed by atoms with van der Waals surface area (Å²) >= 11 is 0. The fraction of sp³-hybridized carbons (Fsp3) is 0.526. The van der Waals surface area contributed by atoms with Crippen molar-refractivity contribution in [2.24, 2.45) is 0 Å². The van der Waals surface area contributed by atoms with Gasteiger partial charge in [-0.1, -0.05) is 42.8 Å². The summed E-state index contributed by atoms with van der Waals surface area (Å²) in [5.74, 6) is -0.904. The van der Waals surface area contributed by atoms with Crippen LogP contribution in [0.1, 0.15) is 37.7 Å². The van der Waals surface area contributed by atoms with Crippen molar-refractivity contribution in [3.63, 3.8) is 0 Å². The number of ether oxygens (including phenoxy) is 3. The first-order valence-electron chi connectivity index (χ1n) is 8.30. The van der Waals surface area contributed by atoms with Crippen LogP contribution in [0.5, 0.6) is 0 Å². The lowest BCUT2D eigenvalue weighted by atomic mass is 9.63. The van der Waals surface area contributed by atoms with E-state index in [2.05, 4.69) is 24.3 Å². The summed E-state index contributed by atoms with van der Waals surface area (Å²) in [4.78, 5) is 11.4. The second-order valence-electron chi connectivity index (χ2n) is 6.23. The van der Waals surface area contributed by atoms with Gasteiger partial charge in [0.2, 0.25) is 0 Å². The summed E-state index contributed by atoms with van der Waals surface area (Å²) in [6.07, 6.45) is 8.23. The van der Waals surface area contributed by atoms with Gasteiger partial charge in [-0.25, -0.2) is 4.79 Å². The molecule has 0 aromatic heterocycles. The van der Waals surface area contributed by atoms with E-state index in [4.69, 9.17) is 14.2 Å². The number of allylic oxidation sites excluding steroid dienone is 1. The van der Waals surface area contributed by atoms with E-state index < -0.39 is 5.79 Å². The van der Waals surface area contributed by atoms with Crippen LogP contribution in [0.2, 0.25) is 0 Å². The molecule has 1 heterocycles. The van der Waals surface area contributed by atoms with Gasteiger partial charge >= 0.3 is 5.97 Å². The molecular formula is C19H24O4. The van der Waals surface area contributed by atoms with Crippen LogP contribution in [0.25, 0.3) is 0 Å². The highest BCUT2D eigenvalue weighted by Gasteiger charge is 2.57. The maximum Gasteiger partial charge on any atom is 0.330 e. The number of methoxy groups -OCH3 is 1. The minimum Gasteiger partial charge on any atom is -0.466 e. The molecule has 1 aromatic carbocycles. The third-order valence-electron chi connectivity index (χ3n) is 5.09. The number of hydrogen-bond acceptors (Lipinski definition) is 4. The zero-order valence-corrected chi connectivity index (χ0v) is 13.6. The fourth-order valence-electron chi connectivity index (χ4n) is 4.01. The Balaban J connectivity index is 1.98. The number of rotatable bonds is 4. The molecule has 1 unspecified atom stereocenters. The van der Waals surface area contributed by atoms with Crippen LogP contribution in [0.15, 0.2) is 42.5 Å². The Morgan fingerprint density at radius 3 is 2.57 bits per heavy atom. The van der Waals surface area contributed by atoms with E-state index in [1.54, 1.807) is 0 Å². The molecule has 2 fully saturated rings. The predicted molar refractivity (Wildman–Crippen MR) is 87.0 cm³/mol. The summed E-state index contributed by atoms with van der Waals surface area (Å²) in [5.41, 5.74) is 0.962. The molecule has 0 bridgehead atoms. The lowest BCUT2D eigenvalue weighted by molar-refractivity contribution is -0.226. The normalized spacial score (nSPS) is 26.7. The Hall–Kier alpha value is -1.65. The third kappa shape index (κ3) is 2.93. The Morgan fingerprint density at radius 2 is 1.87 bits per heavy atom. The van der Waals surface area contributed by atoms with Crippen LogP contribution in [-0.2, 0) is 24.4 Å². The van der Waals surface area contributed by atoms with Gasteiger partial charge in [-0.15, -0.1) is 0 Å². The second-order valence-corrected chi connectivity index (χ2v) is 6.23. The molecule has 0 N–H and O–H groups in total. The maximum absolute atomic E-state index is 11.4. The first-order valence-corrected chi connectivity index (χ1v) is 8.30. The Morgan fingerprint density at radius 1 is 1.17 bits per heavy atom. The SMILES string of the molecule is COC(=O)C=CCC1(c2ccccc2)CCCCC12OCCO2. The molecule has 124 valence electrons. The molecule has 0 radical (unpaired) electrons. The molecule has 4 nitrogen and oxygen atoms in total. The van der Waals surface area contributed by atoms with Crippen molar-refractivity contribution in [3.05, 3.63) is 48.0 Å². The molecule has 1 aliphatic carbocycles. The van der Waals surface area contributed by atoms with Gasteiger partial charge in [0, 0.05) is 12.5 Å². The second kappa shape index (κ2) is 6.85. The smallest absolute Gasteiger partial charge is 0.330 e. The highest BCUT2D eigenvalue weighted by molar-refractivity contribution is 5.81. The number of benzene rings is 1. The first-order chi connectivity index (χ1) is 11.2. The van der Waals surface area contributed by atoms with Gasteiger partial charge in [0.25, 0.3) is 0 Å². The Kier molecular flexibility index (Phi) is 4.83. The molecule has 4 heteroatoms. The van der Waals surface area contributed by atoms with Crippen LogP contribution in [-0.4, -0.2) is 32.1 Å². The van der Waals surface area contributed by atoms with Gasteiger partial charge in [-0.05, 0) is 24.8 Å². The Bertz CT molecular complexity index is 560. The largest absolute Gasteiger partial charge is 0.466 e. The van der Waals surface area contributed by atoms with Gasteiger partial charge in [-0.3, -0.25) is 0 Å². The van der Waals surface area contributed by atoms with Crippen LogP contribution in [0, 0.1) is 0 Å². The number of hydrogen-bond donors (Lipinski definition) is 0. The fourth-order valence-corrected chi connectivity index (χ4v) is 4.01. The molecule has 3 rings (SSSR count). The lowest BCUT2D eigenvalue weighted by Gasteiger charge is -2.50. The first kappa shape index (κ1) is 16.2. The minimum atomic E-state index is -0.576. The maximum atomic E-state index is 11.4. The van der Waals surface area contributed by atoms with Crippen molar-refractivity contribution in [2.75, 3.05) is 20.3 Å². The predicted octanol–water partition coefficient (Wildman–Crippen LogP) is 3.36. The molecule has 1 atom stereocenters. The van der Waals surface area contributed by atoms with E-state index in [1.807, 2.05) is 12.1 Å². The summed E-state index contributed by atoms with van der Waals surface area (Å²) < 4.78 is 17.0. The number of esters is 1. The Labute approximate surface area is 137 Å². The molecule has 1 aromatic rings. The van der Waals surface area contributed by atoms with Gasteiger partial charge in [0.15, 0.2) is 5.79 Å². The zero-order valence-electron chi connectivity index (χ0n) is 13.6. The van der Waals surface area contributed by atoms with Gasteiger partial charge < -0.3 is 14.2 Å². The van der Waals surface area contributed by atoms with Crippen molar-refractivity contribution in [3.8, 4) is 0 Å². The topological polar surface area (TPSA) is 44.8 Å². The van der Waals surface area contributed by atoms with Gasteiger partial charge in [-0.2, -0.15) is 0 Å². The van der Waals surface area contributed by atoms with Crippen molar-refractivity contribution in [2.45, 2.75) is 43.3 Å². The average Bonchev–Trinajstić information content (AvgIpc) is 3.07. The van der Waals surface area contributed by atoms with Crippen LogP contribution in [0.4, 0.5) is 0 Å². The standard InChI is InChI=1S/C19H24O4/c1-21-17(20)10-7-12-18(16-8-3-2-4-9-16)11-5-6-13-19(18)22-14-15-23-19/h2-4,7-10H,5-6,11-15H2,1H3. The molecular weight excluding hydrogens is 292 g/mol. The van der Waals surface area contributed by atoms with Crippen LogP contribution >= 0.6 is 0 Å². The summed E-state index contributed by atoms with van der Waals surface area (Å²) in [6.45, 7) is 1.27. The number of carbonyl (C=O) groups is 1. The molecule has 1 saturated carbocycles. The minimum absolute atomic E-state index is 0.256.